The average Bonchev–Trinajstić information content (AvgIpc) is 2.91. The molecular formula is C28H37N5O3. The molecule has 2 aliphatic rings. The molecule has 0 bridgehead atoms. The van der Waals surface area contributed by atoms with Crippen LogP contribution in [-0.2, 0) is 14.3 Å². The highest BCUT2D eigenvalue weighted by atomic mass is 16.5. The summed E-state index contributed by atoms with van der Waals surface area (Å²) in [5.41, 5.74) is 8.11. The molecule has 8 heteroatoms. The van der Waals surface area contributed by atoms with Crippen molar-refractivity contribution in [1.82, 2.24) is 10.2 Å². The van der Waals surface area contributed by atoms with Crippen LogP contribution in [0.2, 0.25) is 0 Å². The van der Waals surface area contributed by atoms with Crippen molar-refractivity contribution < 1.29 is 14.3 Å². The van der Waals surface area contributed by atoms with Gasteiger partial charge in [0.2, 0.25) is 0 Å². The number of likely N-dealkylation sites (tertiary alicyclic amines) is 1. The molecule has 0 saturated carbocycles. The van der Waals surface area contributed by atoms with Gasteiger partial charge in [-0.2, -0.15) is 0 Å². The maximum atomic E-state index is 13.4. The minimum Gasteiger partial charge on any atom is -0.390 e. The molecule has 1 amide bonds. The summed E-state index contributed by atoms with van der Waals surface area (Å²) >= 11 is 0. The van der Waals surface area contributed by atoms with Crippen molar-refractivity contribution >= 4 is 28.7 Å². The molecule has 0 spiro atoms. The van der Waals surface area contributed by atoms with Gasteiger partial charge >= 0.3 is 0 Å². The summed E-state index contributed by atoms with van der Waals surface area (Å²) in [5.74, 6) is -0.130. The molecule has 36 heavy (non-hydrogen) atoms. The van der Waals surface area contributed by atoms with E-state index in [4.69, 9.17) is 15.2 Å². The molecular weight excluding hydrogens is 454 g/mol. The lowest BCUT2D eigenvalue weighted by atomic mass is 9.99. The fourth-order valence-corrected chi connectivity index (χ4v) is 4.90. The Balaban J connectivity index is 1.39. The minimum atomic E-state index is -0.130. The largest absolute Gasteiger partial charge is 0.390 e. The quantitative estimate of drug-likeness (QED) is 0.226. The van der Waals surface area contributed by atoms with Gasteiger partial charge in [0.1, 0.15) is 5.70 Å². The molecule has 2 aliphatic heterocycles. The number of nitrogens with zero attached hydrogens (tertiary/aromatic N) is 2. The second-order valence-corrected chi connectivity index (χ2v) is 9.39. The molecule has 2 fully saturated rings. The predicted molar refractivity (Wildman–Crippen MR) is 145 cm³/mol. The summed E-state index contributed by atoms with van der Waals surface area (Å²) in [7, 11) is 1.73. The van der Waals surface area contributed by atoms with Gasteiger partial charge < -0.3 is 30.7 Å². The van der Waals surface area contributed by atoms with E-state index in [0.717, 1.165) is 42.3 Å². The van der Waals surface area contributed by atoms with Crippen molar-refractivity contribution in [2.45, 2.75) is 44.4 Å². The Labute approximate surface area is 213 Å². The van der Waals surface area contributed by atoms with Gasteiger partial charge in [-0.25, -0.2) is 4.99 Å². The summed E-state index contributed by atoms with van der Waals surface area (Å²) in [5, 5.41) is 9.34. The number of hydrogen-bond acceptors (Lipinski definition) is 6. The third-order valence-corrected chi connectivity index (χ3v) is 7.10. The zero-order valence-corrected chi connectivity index (χ0v) is 21.2. The number of nitrogens with two attached hydrogens (primary N) is 1. The fourth-order valence-electron chi connectivity index (χ4n) is 4.90. The summed E-state index contributed by atoms with van der Waals surface area (Å²) < 4.78 is 11.1. The van der Waals surface area contributed by atoms with Crippen molar-refractivity contribution in [3.8, 4) is 0 Å². The van der Waals surface area contributed by atoms with E-state index in [1.165, 1.54) is 6.34 Å². The Bertz CT molecular complexity index is 1140. The Morgan fingerprint density at radius 2 is 1.94 bits per heavy atom. The van der Waals surface area contributed by atoms with Gasteiger partial charge in [0.15, 0.2) is 0 Å². The van der Waals surface area contributed by atoms with Gasteiger partial charge in [-0.05, 0) is 49.1 Å². The van der Waals surface area contributed by atoms with E-state index in [2.05, 4.69) is 46.5 Å². The normalized spacial score (nSPS) is 22.0. The van der Waals surface area contributed by atoms with Crippen LogP contribution in [0.1, 0.15) is 26.2 Å². The Kier molecular flexibility index (Phi) is 8.74. The van der Waals surface area contributed by atoms with Crippen LogP contribution in [0.15, 0.2) is 71.0 Å². The number of benzene rings is 2. The second kappa shape index (κ2) is 12.2. The number of allylic oxidation sites excluding steroid dienone is 1. The van der Waals surface area contributed by atoms with E-state index in [9.17, 15) is 4.79 Å². The smallest absolute Gasteiger partial charge is 0.272 e. The van der Waals surface area contributed by atoms with Crippen LogP contribution in [0.3, 0.4) is 0 Å². The van der Waals surface area contributed by atoms with Gasteiger partial charge in [0.05, 0.1) is 19.0 Å². The number of rotatable bonds is 8. The van der Waals surface area contributed by atoms with Gasteiger partial charge in [-0.15, -0.1) is 0 Å². The Morgan fingerprint density at radius 1 is 1.19 bits per heavy atom. The lowest BCUT2D eigenvalue weighted by Crippen LogP contribution is -2.54. The van der Waals surface area contributed by atoms with Crippen LogP contribution >= 0.6 is 0 Å². The molecule has 0 aromatic heterocycles. The number of ether oxygens (including phenoxy) is 2. The zero-order chi connectivity index (χ0) is 25.5. The molecule has 2 unspecified atom stereocenters. The monoisotopic (exact) mass is 491 g/mol. The Hall–Kier alpha value is -3.20. The van der Waals surface area contributed by atoms with Crippen LogP contribution in [0.5, 0.6) is 0 Å². The summed E-state index contributed by atoms with van der Waals surface area (Å²) in [4.78, 5) is 19.5. The molecule has 4 rings (SSSR count). The first kappa shape index (κ1) is 25.9. The van der Waals surface area contributed by atoms with Gasteiger partial charge in [-0.3, -0.25) is 4.79 Å². The number of nitrogens with one attached hydrogen (secondary N) is 2. The zero-order valence-electron chi connectivity index (χ0n) is 21.2. The van der Waals surface area contributed by atoms with Crippen LogP contribution in [-0.4, -0.2) is 68.7 Å². The fraction of sp³-hybridized carbons (Fsp3) is 0.429. The van der Waals surface area contributed by atoms with E-state index in [-0.39, 0.29) is 18.1 Å². The van der Waals surface area contributed by atoms with E-state index < -0.39 is 0 Å². The highest BCUT2D eigenvalue weighted by molar-refractivity contribution is 5.96. The van der Waals surface area contributed by atoms with Crippen LogP contribution in [0.4, 0.5) is 5.69 Å². The van der Waals surface area contributed by atoms with Crippen LogP contribution in [0, 0.1) is 0 Å². The van der Waals surface area contributed by atoms with Crippen molar-refractivity contribution in [2.75, 3.05) is 38.7 Å². The number of piperidine rings is 1. The molecule has 2 aromatic carbocycles. The number of amides is 1. The van der Waals surface area contributed by atoms with Gasteiger partial charge in [0.25, 0.3) is 5.91 Å². The number of hydrogen-bond donors (Lipinski definition) is 3. The second-order valence-electron chi connectivity index (χ2n) is 9.39. The van der Waals surface area contributed by atoms with Crippen LogP contribution in [0.25, 0.3) is 10.8 Å². The minimum absolute atomic E-state index is 0.0654. The summed E-state index contributed by atoms with van der Waals surface area (Å²) in [6.07, 6.45) is 3.91. The molecule has 8 nitrogen and oxygen atoms in total. The summed E-state index contributed by atoms with van der Waals surface area (Å²) in [6, 6.07) is 14.9. The lowest BCUT2D eigenvalue weighted by molar-refractivity contribution is -0.128. The van der Waals surface area contributed by atoms with Crippen molar-refractivity contribution in [3.63, 3.8) is 0 Å². The van der Waals surface area contributed by atoms with Gasteiger partial charge in [-0.1, -0.05) is 36.9 Å². The topological polar surface area (TPSA) is 101 Å². The van der Waals surface area contributed by atoms with E-state index in [1.54, 1.807) is 7.11 Å². The highest BCUT2D eigenvalue weighted by Gasteiger charge is 2.31. The van der Waals surface area contributed by atoms with E-state index in [1.807, 2.05) is 30.0 Å². The van der Waals surface area contributed by atoms with Crippen molar-refractivity contribution in [2.24, 2.45) is 10.7 Å². The Morgan fingerprint density at radius 3 is 2.67 bits per heavy atom. The molecule has 0 aliphatic carbocycles. The molecule has 2 aromatic rings. The molecule has 2 heterocycles. The SMILES string of the molecule is C=C(Nc1ccc2ccccc2c1)/C(C)=C(\N=C/N)C(=O)N1CCC(NC2CCOCC2OC)CC1. The number of fused-ring (bicyclic) bond motifs is 1. The molecule has 0 radical (unpaired) electrons. The first-order chi connectivity index (χ1) is 17.5. The highest BCUT2D eigenvalue weighted by Crippen LogP contribution is 2.24. The van der Waals surface area contributed by atoms with Gasteiger partial charge in [0, 0.05) is 55.8 Å². The number of carbonyl (C=O) groups excluding carboxylic acids is 1. The third-order valence-electron chi connectivity index (χ3n) is 7.10. The maximum Gasteiger partial charge on any atom is 0.272 e. The number of methoxy groups -OCH3 is 1. The molecule has 2 atom stereocenters. The number of aliphatic imine (C=N–C) groups is 1. The maximum absolute atomic E-state index is 13.4. The molecule has 4 N–H and O–H groups in total. The van der Waals surface area contributed by atoms with Crippen molar-refractivity contribution in [3.05, 3.63) is 66.0 Å². The first-order valence-electron chi connectivity index (χ1n) is 12.6. The van der Waals surface area contributed by atoms with E-state index in [0.29, 0.717) is 42.7 Å². The standard InChI is InChI=1S/C28H37N5O3/c1-19(20(2)31-24-9-8-21-6-4-5-7-22(21)16-24)27(30-18-29)28(34)33-13-10-23(11-14-33)32-25-12-15-36-17-26(25)35-3/h4-9,16,18,23,25-26,31-32H,2,10-15,17H2,1,3H3,(H2,29,30)/b27-19-. The number of anilines is 1. The predicted octanol–water partition coefficient (Wildman–Crippen LogP) is 3.41. The van der Waals surface area contributed by atoms with Crippen LogP contribution < -0.4 is 16.4 Å². The molecule has 192 valence electrons. The third kappa shape index (κ3) is 6.13. The van der Waals surface area contributed by atoms with E-state index >= 15 is 0 Å². The molecule has 2 saturated heterocycles. The lowest BCUT2D eigenvalue weighted by Gasteiger charge is -2.38. The average molecular weight is 492 g/mol. The first-order valence-corrected chi connectivity index (χ1v) is 12.6. The summed E-state index contributed by atoms with van der Waals surface area (Å²) in [6.45, 7) is 8.68. The van der Waals surface area contributed by atoms with Crippen molar-refractivity contribution in [1.29, 1.82) is 0 Å². The number of carbonyl (C=O) groups is 1.